The second-order valence-electron chi connectivity index (χ2n) is 4.27. The van der Waals surface area contributed by atoms with E-state index in [1.807, 2.05) is 12.1 Å². The molecular formula is C14H11ClN4O. The molecule has 3 aromatic rings. The van der Waals surface area contributed by atoms with Crippen LogP contribution >= 0.6 is 11.6 Å². The van der Waals surface area contributed by atoms with E-state index in [2.05, 4.69) is 20.3 Å². The van der Waals surface area contributed by atoms with E-state index in [-0.39, 0.29) is 12.3 Å². The normalized spacial score (nSPS) is 10.7. The SMILES string of the molecule is O=C(Cc1c[nH]c2ncccc12)Nc1ncccc1Cl. The van der Waals surface area contributed by atoms with Gasteiger partial charge in [0, 0.05) is 24.0 Å². The van der Waals surface area contributed by atoms with Crippen LogP contribution in [0.5, 0.6) is 0 Å². The summed E-state index contributed by atoms with van der Waals surface area (Å²) in [6.45, 7) is 0. The average molecular weight is 287 g/mol. The Kier molecular flexibility index (Phi) is 3.35. The number of pyridine rings is 2. The highest BCUT2D eigenvalue weighted by molar-refractivity contribution is 6.33. The summed E-state index contributed by atoms with van der Waals surface area (Å²) in [5.41, 5.74) is 1.66. The van der Waals surface area contributed by atoms with Crippen molar-refractivity contribution in [1.29, 1.82) is 0 Å². The fourth-order valence-electron chi connectivity index (χ4n) is 1.99. The van der Waals surface area contributed by atoms with E-state index in [1.54, 1.807) is 30.7 Å². The van der Waals surface area contributed by atoms with Gasteiger partial charge in [0.05, 0.1) is 11.4 Å². The van der Waals surface area contributed by atoms with Crippen molar-refractivity contribution in [1.82, 2.24) is 15.0 Å². The van der Waals surface area contributed by atoms with E-state index in [0.717, 1.165) is 16.6 Å². The van der Waals surface area contributed by atoms with Gasteiger partial charge in [-0.15, -0.1) is 0 Å². The molecule has 0 saturated carbocycles. The maximum atomic E-state index is 12.0. The van der Waals surface area contributed by atoms with Crippen molar-refractivity contribution in [3.63, 3.8) is 0 Å². The number of anilines is 1. The summed E-state index contributed by atoms with van der Waals surface area (Å²) < 4.78 is 0. The maximum absolute atomic E-state index is 12.0. The molecule has 0 spiro atoms. The van der Waals surface area contributed by atoms with E-state index >= 15 is 0 Å². The first-order valence-corrected chi connectivity index (χ1v) is 6.43. The molecule has 20 heavy (non-hydrogen) atoms. The Bertz CT molecular complexity index is 768. The molecule has 3 heterocycles. The molecule has 3 rings (SSSR count). The monoisotopic (exact) mass is 286 g/mol. The van der Waals surface area contributed by atoms with Crippen LogP contribution in [-0.4, -0.2) is 20.9 Å². The summed E-state index contributed by atoms with van der Waals surface area (Å²) in [5.74, 6) is 0.201. The highest BCUT2D eigenvalue weighted by Crippen LogP contribution is 2.19. The number of hydrogen-bond donors (Lipinski definition) is 2. The fourth-order valence-corrected chi connectivity index (χ4v) is 2.15. The summed E-state index contributed by atoms with van der Waals surface area (Å²) in [7, 11) is 0. The van der Waals surface area contributed by atoms with Gasteiger partial charge in [0.15, 0.2) is 5.82 Å². The molecule has 100 valence electrons. The van der Waals surface area contributed by atoms with Crippen LogP contribution in [0.25, 0.3) is 11.0 Å². The predicted molar refractivity (Wildman–Crippen MR) is 77.7 cm³/mol. The Morgan fingerprint density at radius 3 is 2.90 bits per heavy atom. The molecule has 0 saturated heterocycles. The summed E-state index contributed by atoms with van der Waals surface area (Å²) in [5, 5.41) is 4.05. The van der Waals surface area contributed by atoms with Crippen LogP contribution in [0.2, 0.25) is 5.02 Å². The first-order valence-electron chi connectivity index (χ1n) is 6.05. The van der Waals surface area contributed by atoms with Gasteiger partial charge in [0.25, 0.3) is 0 Å². The number of rotatable bonds is 3. The number of aromatic nitrogens is 3. The molecule has 0 fully saturated rings. The minimum Gasteiger partial charge on any atom is -0.346 e. The number of aromatic amines is 1. The van der Waals surface area contributed by atoms with Crippen LogP contribution in [0.15, 0.2) is 42.9 Å². The van der Waals surface area contributed by atoms with E-state index in [0.29, 0.717) is 10.8 Å². The van der Waals surface area contributed by atoms with Crippen molar-refractivity contribution in [3.8, 4) is 0 Å². The zero-order valence-corrected chi connectivity index (χ0v) is 11.2. The minimum absolute atomic E-state index is 0.171. The second-order valence-corrected chi connectivity index (χ2v) is 4.68. The molecule has 0 unspecified atom stereocenters. The lowest BCUT2D eigenvalue weighted by Crippen LogP contribution is -2.15. The van der Waals surface area contributed by atoms with Crippen molar-refractivity contribution in [3.05, 3.63) is 53.4 Å². The molecule has 0 aromatic carbocycles. The number of hydrogen-bond acceptors (Lipinski definition) is 3. The van der Waals surface area contributed by atoms with Crippen LogP contribution < -0.4 is 5.32 Å². The summed E-state index contributed by atoms with van der Waals surface area (Å²) in [6.07, 6.45) is 5.31. The third-order valence-corrected chi connectivity index (χ3v) is 3.21. The van der Waals surface area contributed by atoms with Gasteiger partial charge in [0.1, 0.15) is 5.65 Å². The standard InChI is InChI=1S/C14H11ClN4O/c15-11-4-2-6-17-14(11)19-12(20)7-9-8-18-13-10(9)3-1-5-16-13/h1-6,8H,7H2,(H,16,18)(H,17,19,20). The predicted octanol–water partition coefficient (Wildman–Crippen LogP) is 2.79. The molecule has 0 atom stereocenters. The molecule has 5 nitrogen and oxygen atoms in total. The summed E-state index contributed by atoms with van der Waals surface area (Å²) in [4.78, 5) is 23.3. The van der Waals surface area contributed by atoms with Gasteiger partial charge in [-0.25, -0.2) is 9.97 Å². The number of carbonyl (C=O) groups is 1. The number of fused-ring (bicyclic) bond motifs is 1. The molecular weight excluding hydrogens is 276 g/mol. The summed E-state index contributed by atoms with van der Waals surface area (Å²) >= 11 is 5.95. The van der Waals surface area contributed by atoms with Crippen molar-refractivity contribution < 1.29 is 4.79 Å². The molecule has 6 heteroatoms. The van der Waals surface area contributed by atoms with Crippen molar-refractivity contribution in [2.24, 2.45) is 0 Å². The third kappa shape index (κ3) is 2.48. The molecule has 1 amide bonds. The van der Waals surface area contributed by atoms with Crippen LogP contribution in [0, 0.1) is 0 Å². The Balaban J connectivity index is 1.78. The van der Waals surface area contributed by atoms with Crippen LogP contribution in [0.3, 0.4) is 0 Å². The van der Waals surface area contributed by atoms with Crippen molar-refractivity contribution >= 4 is 34.4 Å². The third-order valence-electron chi connectivity index (χ3n) is 2.90. The van der Waals surface area contributed by atoms with Gasteiger partial charge in [0.2, 0.25) is 5.91 Å². The zero-order chi connectivity index (χ0) is 13.9. The highest BCUT2D eigenvalue weighted by Gasteiger charge is 2.11. The van der Waals surface area contributed by atoms with Gasteiger partial charge in [-0.05, 0) is 29.8 Å². The Morgan fingerprint density at radius 1 is 1.25 bits per heavy atom. The second kappa shape index (κ2) is 5.30. The number of nitrogens with one attached hydrogen (secondary N) is 2. The molecule has 0 aliphatic carbocycles. The van der Waals surface area contributed by atoms with Gasteiger partial charge < -0.3 is 10.3 Å². The quantitative estimate of drug-likeness (QED) is 0.778. The lowest BCUT2D eigenvalue weighted by atomic mass is 10.1. The van der Waals surface area contributed by atoms with Gasteiger partial charge >= 0.3 is 0 Å². The van der Waals surface area contributed by atoms with Crippen LogP contribution in [-0.2, 0) is 11.2 Å². The van der Waals surface area contributed by atoms with E-state index < -0.39 is 0 Å². The topological polar surface area (TPSA) is 70.7 Å². The average Bonchev–Trinajstić information content (AvgIpc) is 2.85. The van der Waals surface area contributed by atoms with E-state index in [4.69, 9.17) is 11.6 Å². The van der Waals surface area contributed by atoms with Gasteiger partial charge in [-0.2, -0.15) is 0 Å². The Hall–Kier alpha value is -2.40. The lowest BCUT2D eigenvalue weighted by molar-refractivity contribution is -0.115. The Morgan fingerprint density at radius 2 is 2.05 bits per heavy atom. The number of H-pyrrole nitrogens is 1. The summed E-state index contributed by atoms with van der Waals surface area (Å²) in [6, 6.07) is 7.16. The van der Waals surface area contributed by atoms with Crippen molar-refractivity contribution in [2.45, 2.75) is 6.42 Å². The number of amides is 1. The van der Waals surface area contributed by atoms with Gasteiger partial charge in [-0.1, -0.05) is 11.6 Å². The number of nitrogens with zero attached hydrogens (tertiary/aromatic N) is 2. The molecule has 2 N–H and O–H groups in total. The fraction of sp³-hybridized carbons (Fsp3) is 0.0714. The first kappa shape index (κ1) is 12.6. The van der Waals surface area contributed by atoms with Crippen LogP contribution in [0.1, 0.15) is 5.56 Å². The zero-order valence-electron chi connectivity index (χ0n) is 10.4. The number of halogens is 1. The Labute approximate surface area is 120 Å². The maximum Gasteiger partial charge on any atom is 0.230 e. The van der Waals surface area contributed by atoms with E-state index in [9.17, 15) is 4.79 Å². The molecule has 0 bridgehead atoms. The smallest absolute Gasteiger partial charge is 0.230 e. The lowest BCUT2D eigenvalue weighted by Gasteiger charge is -2.05. The van der Waals surface area contributed by atoms with Crippen LogP contribution in [0.4, 0.5) is 5.82 Å². The molecule has 3 aromatic heterocycles. The van der Waals surface area contributed by atoms with Gasteiger partial charge in [-0.3, -0.25) is 4.79 Å². The minimum atomic E-state index is -0.171. The largest absolute Gasteiger partial charge is 0.346 e. The number of carbonyl (C=O) groups excluding carboxylic acids is 1. The molecule has 0 aliphatic rings. The van der Waals surface area contributed by atoms with E-state index in [1.165, 1.54) is 0 Å². The molecule has 0 aliphatic heterocycles. The van der Waals surface area contributed by atoms with Crippen molar-refractivity contribution in [2.75, 3.05) is 5.32 Å². The first-order chi connectivity index (χ1) is 9.74. The highest BCUT2D eigenvalue weighted by atomic mass is 35.5. The molecule has 0 radical (unpaired) electrons.